The second kappa shape index (κ2) is 8.87. The molecule has 0 radical (unpaired) electrons. The first-order valence-electron chi connectivity index (χ1n) is 8.00. The minimum atomic E-state index is -2.63. The summed E-state index contributed by atoms with van der Waals surface area (Å²) in [5, 5.41) is 0. The van der Waals surface area contributed by atoms with Crippen LogP contribution in [0.2, 0.25) is 0 Å². The van der Waals surface area contributed by atoms with Gasteiger partial charge in [0, 0.05) is 25.7 Å². The van der Waals surface area contributed by atoms with Gasteiger partial charge in [0.25, 0.3) is 0 Å². The quantitative estimate of drug-likeness (QED) is 0.501. The van der Waals surface area contributed by atoms with Gasteiger partial charge in [-0.1, -0.05) is 26.0 Å². The van der Waals surface area contributed by atoms with Gasteiger partial charge in [0.05, 0.1) is 0 Å². The first kappa shape index (κ1) is 19.4. The molecule has 0 saturated heterocycles. The van der Waals surface area contributed by atoms with Gasteiger partial charge in [0.2, 0.25) is 11.7 Å². The molecule has 1 heterocycles. The molecule has 3 nitrogen and oxygen atoms in total. The van der Waals surface area contributed by atoms with Gasteiger partial charge in [-0.2, -0.15) is 0 Å². The molecule has 0 aromatic carbocycles. The molecule has 1 aromatic heterocycles. The molecule has 128 valence electrons. The van der Waals surface area contributed by atoms with Crippen LogP contribution < -0.4 is 0 Å². The molecular weight excluding hydrogens is 298 g/mol. The second-order valence-corrected chi connectivity index (χ2v) is 5.96. The maximum atomic E-state index is 13.0. The molecule has 23 heavy (non-hydrogen) atoms. The third-order valence-corrected chi connectivity index (χ3v) is 3.77. The number of carbonyl (C=O) groups is 1. The van der Waals surface area contributed by atoms with Crippen LogP contribution in [0.3, 0.4) is 0 Å². The van der Waals surface area contributed by atoms with E-state index in [1.165, 1.54) is 6.08 Å². The van der Waals surface area contributed by atoms with Crippen molar-refractivity contribution < 1.29 is 13.6 Å². The average molecular weight is 324 g/mol. The lowest BCUT2D eigenvalue weighted by molar-refractivity contribution is 0.00325. The van der Waals surface area contributed by atoms with Crippen molar-refractivity contribution in [3.63, 3.8) is 0 Å². The minimum Gasteiger partial charge on any atom is -0.303 e. The SMILES string of the molecule is C/C=C\C(=O)c1ccc(C(C)CN(CC)CCC(C)(F)F)cn1. The Kier molecular flexibility index (Phi) is 7.49. The lowest BCUT2D eigenvalue weighted by Gasteiger charge is -2.25. The summed E-state index contributed by atoms with van der Waals surface area (Å²) < 4.78 is 26.0. The van der Waals surface area contributed by atoms with Crippen molar-refractivity contribution >= 4 is 5.78 Å². The highest BCUT2D eigenvalue weighted by Gasteiger charge is 2.22. The van der Waals surface area contributed by atoms with E-state index in [0.29, 0.717) is 18.8 Å². The molecule has 0 saturated carbocycles. The third-order valence-electron chi connectivity index (χ3n) is 3.77. The fourth-order valence-corrected chi connectivity index (χ4v) is 2.30. The molecule has 1 unspecified atom stereocenters. The van der Waals surface area contributed by atoms with Crippen molar-refractivity contribution in [1.82, 2.24) is 9.88 Å². The number of hydrogen-bond acceptors (Lipinski definition) is 3. The van der Waals surface area contributed by atoms with Crippen molar-refractivity contribution in [3.8, 4) is 0 Å². The van der Waals surface area contributed by atoms with Crippen molar-refractivity contribution in [2.75, 3.05) is 19.6 Å². The lowest BCUT2D eigenvalue weighted by atomic mass is 10.0. The van der Waals surface area contributed by atoms with Crippen LogP contribution in [-0.4, -0.2) is 41.2 Å². The summed E-state index contributed by atoms with van der Waals surface area (Å²) in [6, 6.07) is 3.60. The molecule has 1 atom stereocenters. The van der Waals surface area contributed by atoms with Gasteiger partial charge in [-0.05, 0) is 44.0 Å². The number of alkyl halides is 2. The number of aromatic nitrogens is 1. The Morgan fingerprint density at radius 1 is 1.43 bits per heavy atom. The molecule has 0 aliphatic heterocycles. The Morgan fingerprint density at radius 2 is 2.13 bits per heavy atom. The summed E-state index contributed by atoms with van der Waals surface area (Å²) in [5.41, 5.74) is 1.42. The second-order valence-electron chi connectivity index (χ2n) is 5.96. The normalized spacial score (nSPS) is 13.7. The zero-order valence-electron chi connectivity index (χ0n) is 14.4. The standard InChI is InChI=1S/C18H26F2N2O/c1-5-7-17(23)16-9-8-15(12-21-16)14(3)13-22(6-2)11-10-18(4,19)20/h5,7-9,12,14H,6,10-11,13H2,1-4H3/b7-5-. The van der Waals surface area contributed by atoms with Crippen LogP contribution in [0.5, 0.6) is 0 Å². The molecule has 0 N–H and O–H groups in total. The smallest absolute Gasteiger partial charge is 0.246 e. The van der Waals surface area contributed by atoms with Gasteiger partial charge in [-0.3, -0.25) is 9.78 Å². The molecule has 0 aliphatic carbocycles. The van der Waals surface area contributed by atoms with Crippen molar-refractivity contribution in [2.24, 2.45) is 0 Å². The molecule has 5 heteroatoms. The van der Waals surface area contributed by atoms with E-state index in [-0.39, 0.29) is 18.1 Å². The fraction of sp³-hybridized carbons (Fsp3) is 0.556. The molecule has 0 bridgehead atoms. The highest BCUT2D eigenvalue weighted by atomic mass is 19.3. The maximum Gasteiger partial charge on any atom is 0.246 e. The number of rotatable bonds is 9. The van der Waals surface area contributed by atoms with Gasteiger partial charge in [0.1, 0.15) is 5.69 Å². The fourth-order valence-electron chi connectivity index (χ4n) is 2.30. The third kappa shape index (κ3) is 6.99. The number of pyridine rings is 1. The van der Waals surface area contributed by atoms with Gasteiger partial charge < -0.3 is 4.90 Å². The molecule has 0 amide bonds. The van der Waals surface area contributed by atoms with E-state index < -0.39 is 5.92 Å². The van der Waals surface area contributed by atoms with Crippen LogP contribution in [0.15, 0.2) is 30.5 Å². The number of likely N-dealkylation sites (N-methyl/N-ethyl adjacent to an activating group) is 1. The van der Waals surface area contributed by atoms with E-state index in [9.17, 15) is 13.6 Å². The molecular formula is C18H26F2N2O. The number of hydrogen-bond donors (Lipinski definition) is 0. The van der Waals surface area contributed by atoms with E-state index in [4.69, 9.17) is 0 Å². The number of halogens is 2. The highest BCUT2D eigenvalue weighted by molar-refractivity contribution is 6.02. The summed E-state index contributed by atoms with van der Waals surface area (Å²) >= 11 is 0. The monoisotopic (exact) mass is 324 g/mol. The number of nitrogens with zero attached hydrogens (tertiary/aromatic N) is 2. The summed E-state index contributed by atoms with van der Waals surface area (Å²) in [7, 11) is 0. The Labute approximate surface area is 137 Å². The van der Waals surface area contributed by atoms with Gasteiger partial charge in [0.15, 0.2) is 0 Å². The lowest BCUT2D eigenvalue weighted by Crippen LogP contribution is -2.31. The predicted molar refractivity (Wildman–Crippen MR) is 89.1 cm³/mol. The largest absolute Gasteiger partial charge is 0.303 e. The molecule has 0 spiro atoms. The van der Waals surface area contributed by atoms with Crippen LogP contribution >= 0.6 is 0 Å². The number of ketones is 1. The first-order valence-corrected chi connectivity index (χ1v) is 8.00. The summed E-state index contributed by atoms with van der Waals surface area (Å²) in [5.74, 6) is -2.58. The van der Waals surface area contributed by atoms with Crippen molar-refractivity contribution in [2.45, 2.75) is 46.0 Å². The van der Waals surface area contributed by atoms with Crippen LogP contribution in [0.1, 0.15) is 56.1 Å². The Balaban J connectivity index is 2.65. The summed E-state index contributed by atoms with van der Waals surface area (Å²) in [6.45, 7) is 8.54. The summed E-state index contributed by atoms with van der Waals surface area (Å²) in [4.78, 5) is 17.9. The first-order chi connectivity index (χ1) is 10.8. The highest BCUT2D eigenvalue weighted by Crippen LogP contribution is 2.20. The number of carbonyl (C=O) groups excluding carboxylic acids is 1. The Morgan fingerprint density at radius 3 is 2.61 bits per heavy atom. The Bertz CT molecular complexity index is 521. The molecule has 1 aromatic rings. The van der Waals surface area contributed by atoms with Gasteiger partial charge >= 0.3 is 0 Å². The van der Waals surface area contributed by atoms with E-state index in [1.807, 2.05) is 24.8 Å². The zero-order valence-corrected chi connectivity index (χ0v) is 14.4. The van der Waals surface area contributed by atoms with E-state index in [0.717, 1.165) is 19.0 Å². The topological polar surface area (TPSA) is 33.2 Å². The van der Waals surface area contributed by atoms with E-state index >= 15 is 0 Å². The maximum absolute atomic E-state index is 13.0. The number of allylic oxidation sites excluding steroid dienone is 2. The van der Waals surface area contributed by atoms with Gasteiger partial charge in [-0.15, -0.1) is 0 Å². The van der Waals surface area contributed by atoms with Crippen LogP contribution in [0.4, 0.5) is 8.78 Å². The van der Waals surface area contributed by atoms with Gasteiger partial charge in [-0.25, -0.2) is 8.78 Å². The molecule has 0 fully saturated rings. The van der Waals surface area contributed by atoms with Crippen LogP contribution in [0, 0.1) is 0 Å². The molecule has 0 aliphatic rings. The van der Waals surface area contributed by atoms with E-state index in [2.05, 4.69) is 4.98 Å². The van der Waals surface area contributed by atoms with Crippen LogP contribution in [0.25, 0.3) is 0 Å². The van der Waals surface area contributed by atoms with E-state index in [1.54, 1.807) is 25.3 Å². The molecule has 1 rings (SSSR count). The van der Waals surface area contributed by atoms with Crippen molar-refractivity contribution in [3.05, 3.63) is 41.7 Å². The predicted octanol–water partition coefficient (Wildman–Crippen LogP) is 4.31. The Hall–Kier alpha value is -1.62. The average Bonchev–Trinajstić information content (AvgIpc) is 2.50. The zero-order chi connectivity index (χ0) is 17.5. The van der Waals surface area contributed by atoms with Crippen LogP contribution in [-0.2, 0) is 0 Å². The minimum absolute atomic E-state index is 0.118. The summed E-state index contributed by atoms with van der Waals surface area (Å²) in [6.07, 6.45) is 4.73. The van der Waals surface area contributed by atoms with Crippen molar-refractivity contribution in [1.29, 1.82) is 0 Å².